The van der Waals surface area contributed by atoms with Gasteiger partial charge in [0.2, 0.25) is 0 Å². The van der Waals surface area contributed by atoms with Crippen LogP contribution in [0.3, 0.4) is 0 Å². The van der Waals surface area contributed by atoms with Crippen LogP contribution in [0, 0.1) is 13.8 Å². The largest absolute Gasteiger partial charge is 0.391 e. The van der Waals surface area contributed by atoms with E-state index in [0.717, 1.165) is 17.8 Å². The van der Waals surface area contributed by atoms with Gasteiger partial charge in [0.25, 0.3) is 5.91 Å². The lowest BCUT2D eigenvalue weighted by Gasteiger charge is -2.11. The molecule has 6 nitrogen and oxygen atoms in total. The molecule has 0 aliphatic rings. The molecule has 6 heteroatoms. The molecule has 0 fully saturated rings. The maximum Gasteiger partial charge on any atom is 0.252 e. The van der Waals surface area contributed by atoms with Gasteiger partial charge in [0, 0.05) is 18.4 Å². The van der Waals surface area contributed by atoms with Gasteiger partial charge in [0.05, 0.1) is 17.4 Å². The number of amides is 1. The summed E-state index contributed by atoms with van der Waals surface area (Å²) in [5, 5.41) is 16.7. The van der Waals surface area contributed by atoms with Crippen LogP contribution in [-0.4, -0.2) is 38.4 Å². The molecule has 0 saturated heterocycles. The Balaban J connectivity index is 2.02. The minimum Gasteiger partial charge on any atom is -0.391 e. The highest BCUT2D eigenvalue weighted by molar-refractivity contribution is 5.93. The van der Waals surface area contributed by atoms with E-state index in [-0.39, 0.29) is 12.5 Å². The number of aryl methyl sites for hydroxylation is 2. The first-order chi connectivity index (χ1) is 10.5. The first-order valence-corrected chi connectivity index (χ1v) is 7.47. The summed E-state index contributed by atoms with van der Waals surface area (Å²) in [5.74, 6) is 0.440. The summed E-state index contributed by atoms with van der Waals surface area (Å²) in [6.07, 6.45) is 2.58. The Labute approximate surface area is 130 Å². The minimum atomic E-state index is -0.504. The molecule has 1 atom stereocenters. The first kappa shape index (κ1) is 16.2. The molecule has 118 valence electrons. The van der Waals surface area contributed by atoms with Gasteiger partial charge in [-0.2, -0.15) is 5.10 Å². The lowest BCUT2D eigenvalue weighted by molar-refractivity contribution is 0.0910. The van der Waals surface area contributed by atoms with Crippen molar-refractivity contribution in [2.45, 2.75) is 39.7 Å². The van der Waals surface area contributed by atoms with Crippen molar-refractivity contribution in [3.05, 3.63) is 41.3 Å². The van der Waals surface area contributed by atoms with Crippen LogP contribution in [0.5, 0.6) is 0 Å². The number of aliphatic hydroxyl groups excluding tert-OH is 1. The van der Waals surface area contributed by atoms with Gasteiger partial charge in [0.15, 0.2) is 5.82 Å². The summed E-state index contributed by atoms with van der Waals surface area (Å²) in [6.45, 7) is 6.13. The average Bonchev–Trinajstić information content (AvgIpc) is 2.84. The molecule has 0 aromatic carbocycles. The number of aromatic nitrogens is 3. The highest BCUT2D eigenvalue weighted by Gasteiger charge is 2.10. The molecule has 0 bridgehead atoms. The number of hydrogen-bond donors (Lipinski definition) is 2. The zero-order chi connectivity index (χ0) is 16.1. The number of rotatable bonds is 6. The molecule has 2 N–H and O–H groups in total. The molecule has 0 saturated carbocycles. The van der Waals surface area contributed by atoms with E-state index in [9.17, 15) is 9.90 Å². The van der Waals surface area contributed by atoms with E-state index >= 15 is 0 Å². The molecule has 0 spiro atoms. The number of carbonyl (C=O) groups excluding carboxylic acids is 1. The van der Waals surface area contributed by atoms with Crippen molar-refractivity contribution in [3.8, 4) is 5.82 Å². The van der Waals surface area contributed by atoms with Crippen molar-refractivity contribution in [1.29, 1.82) is 0 Å². The van der Waals surface area contributed by atoms with E-state index in [4.69, 9.17) is 0 Å². The number of hydrogen-bond acceptors (Lipinski definition) is 4. The van der Waals surface area contributed by atoms with Gasteiger partial charge in [-0.25, -0.2) is 9.67 Å². The minimum absolute atomic E-state index is 0.234. The van der Waals surface area contributed by atoms with Crippen LogP contribution in [0.4, 0.5) is 0 Å². The van der Waals surface area contributed by atoms with Crippen molar-refractivity contribution in [3.63, 3.8) is 0 Å². The van der Waals surface area contributed by atoms with Crippen LogP contribution in [0.25, 0.3) is 5.82 Å². The molecular weight excluding hydrogens is 280 g/mol. The van der Waals surface area contributed by atoms with Crippen molar-refractivity contribution < 1.29 is 9.90 Å². The number of pyridine rings is 1. The predicted molar refractivity (Wildman–Crippen MR) is 84.1 cm³/mol. The molecule has 2 heterocycles. The predicted octanol–water partition coefficient (Wildman–Crippen LogP) is 1.77. The third kappa shape index (κ3) is 3.92. The summed E-state index contributed by atoms with van der Waals surface area (Å²) in [5.41, 5.74) is 2.38. The summed E-state index contributed by atoms with van der Waals surface area (Å²) in [7, 11) is 0. The SMILES string of the molecule is CCCC(O)CNC(=O)c1ccc(-n2nc(C)cc2C)nc1. The highest BCUT2D eigenvalue weighted by Crippen LogP contribution is 2.10. The van der Waals surface area contributed by atoms with Crippen molar-refractivity contribution >= 4 is 5.91 Å². The number of nitrogens with zero attached hydrogens (tertiary/aromatic N) is 3. The molecule has 2 rings (SSSR count). The smallest absolute Gasteiger partial charge is 0.252 e. The standard InChI is InChI=1S/C16H22N4O2/c1-4-5-14(21)10-18-16(22)13-6-7-15(17-9-13)20-12(3)8-11(2)19-20/h6-9,14,21H,4-5,10H2,1-3H3,(H,18,22). The molecule has 1 amide bonds. The number of nitrogens with one attached hydrogen (secondary N) is 1. The van der Waals surface area contributed by atoms with Crippen LogP contribution < -0.4 is 5.32 Å². The van der Waals surface area contributed by atoms with E-state index in [1.165, 1.54) is 6.20 Å². The van der Waals surface area contributed by atoms with E-state index < -0.39 is 6.10 Å². The summed E-state index contributed by atoms with van der Waals surface area (Å²) in [6, 6.07) is 5.44. The molecule has 2 aromatic heterocycles. The Hall–Kier alpha value is -2.21. The first-order valence-electron chi connectivity index (χ1n) is 7.47. The van der Waals surface area contributed by atoms with E-state index in [2.05, 4.69) is 15.4 Å². The van der Waals surface area contributed by atoms with Crippen LogP contribution in [0.15, 0.2) is 24.4 Å². The summed E-state index contributed by atoms with van der Waals surface area (Å²) in [4.78, 5) is 16.3. The molecule has 0 radical (unpaired) electrons. The monoisotopic (exact) mass is 302 g/mol. The Morgan fingerprint density at radius 1 is 1.41 bits per heavy atom. The topological polar surface area (TPSA) is 80.0 Å². The van der Waals surface area contributed by atoms with E-state index in [1.807, 2.05) is 26.8 Å². The number of carbonyl (C=O) groups is 1. The third-order valence-corrected chi connectivity index (χ3v) is 3.36. The second kappa shape index (κ2) is 7.17. The fourth-order valence-electron chi connectivity index (χ4n) is 2.25. The highest BCUT2D eigenvalue weighted by atomic mass is 16.3. The Morgan fingerprint density at radius 2 is 2.18 bits per heavy atom. The molecular formula is C16H22N4O2. The van der Waals surface area contributed by atoms with Gasteiger partial charge in [-0.05, 0) is 38.5 Å². The summed E-state index contributed by atoms with van der Waals surface area (Å²) >= 11 is 0. The van der Waals surface area contributed by atoms with Gasteiger partial charge in [-0.1, -0.05) is 13.3 Å². The molecule has 1 unspecified atom stereocenters. The van der Waals surface area contributed by atoms with Gasteiger partial charge < -0.3 is 10.4 Å². The second-order valence-electron chi connectivity index (χ2n) is 5.40. The summed E-state index contributed by atoms with van der Waals surface area (Å²) < 4.78 is 1.74. The van der Waals surface area contributed by atoms with Crippen molar-refractivity contribution in [1.82, 2.24) is 20.1 Å². The molecule has 0 aliphatic carbocycles. The Kier molecular flexibility index (Phi) is 5.27. The van der Waals surface area contributed by atoms with Gasteiger partial charge >= 0.3 is 0 Å². The average molecular weight is 302 g/mol. The van der Waals surface area contributed by atoms with Crippen LogP contribution in [-0.2, 0) is 0 Å². The van der Waals surface area contributed by atoms with Gasteiger partial charge in [-0.3, -0.25) is 4.79 Å². The molecule has 0 aliphatic heterocycles. The quantitative estimate of drug-likeness (QED) is 0.852. The van der Waals surface area contributed by atoms with Gasteiger partial charge in [0.1, 0.15) is 0 Å². The van der Waals surface area contributed by atoms with Crippen molar-refractivity contribution in [2.24, 2.45) is 0 Å². The molecule has 2 aromatic rings. The lowest BCUT2D eigenvalue weighted by Crippen LogP contribution is -2.32. The van der Waals surface area contributed by atoms with E-state index in [0.29, 0.717) is 17.8 Å². The van der Waals surface area contributed by atoms with Crippen LogP contribution >= 0.6 is 0 Å². The Morgan fingerprint density at radius 3 is 2.73 bits per heavy atom. The maximum absolute atomic E-state index is 12.0. The third-order valence-electron chi connectivity index (χ3n) is 3.36. The zero-order valence-corrected chi connectivity index (χ0v) is 13.2. The zero-order valence-electron chi connectivity index (χ0n) is 13.2. The van der Waals surface area contributed by atoms with E-state index in [1.54, 1.807) is 16.8 Å². The fourth-order valence-corrected chi connectivity index (χ4v) is 2.25. The van der Waals surface area contributed by atoms with Crippen LogP contribution in [0.2, 0.25) is 0 Å². The van der Waals surface area contributed by atoms with Gasteiger partial charge in [-0.15, -0.1) is 0 Å². The van der Waals surface area contributed by atoms with Crippen molar-refractivity contribution in [2.75, 3.05) is 6.54 Å². The number of aliphatic hydroxyl groups is 1. The van der Waals surface area contributed by atoms with Crippen LogP contribution in [0.1, 0.15) is 41.5 Å². The lowest BCUT2D eigenvalue weighted by atomic mass is 10.2. The second-order valence-corrected chi connectivity index (χ2v) is 5.40. The maximum atomic E-state index is 12.0. The molecule has 22 heavy (non-hydrogen) atoms. The fraction of sp³-hybridized carbons (Fsp3) is 0.438. The normalized spacial score (nSPS) is 12.2. The Bertz CT molecular complexity index is 634.